The highest BCUT2D eigenvalue weighted by Crippen LogP contribution is 2.37. The molecule has 0 aromatic carbocycles. The number of amides is 1. The molecule has 0 aliphatic carbocycles. The van der Waals surface area contributed by atoms with Crippen molar-refractivity contribution in [1.29, 1.82) is 0 Å². The molecule has 2 aromatic rings. The number of carbonyl (C=O) groups excluding carboxylic acids is 1. The van der Waals surface area contributed by atoms with Crippen molar-refractivity contribution in [2.45, 2.75) is 45.0 Å². The first-order valence-corrected chi connectivity index (χ1v) is 9.06. The van der Waals surface area contributed by atoms with Crippen LogP contribution in [0.2, 0.25) is 0 Å². The predicted octanol–water partition coefficient (Wildman–Crippen LogP) is 2.88. The van der Waals surface area contributed by atoms with Gasteiger partial charge in [-0.15, -0.1) is 0 Å². The molecule has 0 bridgehead atoms. The maximum absolute atomic E-state index is 12.8. The Morgan fingerprint density at radius 3 is 3.04 bits per heavy atom. The van der Waals surface area contributed by atoms with Crippen molar-refractivity contribution in [3.8, 4) is 0 Å². The van der Waals surface area contributed by atoms with Gasteiger partial charge in [0.2, 0.25) is 0 Å². The Bertz CT molecular complexity index is 788. The number of carbonyl (C=O) groups is 1. The summed E-state index contributed by atoms with van der Waals surface area (Å²) in [5.41, 5.74) is 1.29. The van der Waals surface area contributed by atoms with Gasteiger partial charge >= 0.3 is 0 Å². The van der Waals surface area contributed by atoms with Crippen LogP contribution in [-0.2, 0) is 16.1 Å². The number of aryl methyl sites for hydroxylation is 2. The summed E-state index contributed by atoms with van der Waals surface area (Å²) in [4.78, 5) is 18.9. The van der Waals surface area contributed by atoms with E-state index in [1.807, 2.05) is 43.0 Å². The van der Waals surface area contributed by atoms with E-state index in [4.69, 9.17) is 13.9 Å². The highest BCUT2D eigenvalue weighted by atomic mass is 16.6. The molecule has 2 fully saturated rings. The molecule has 0 N–H and O–H groups in total. The Balaban J connectivity index is 1.34. The topological polar surface area (TPSA) is 64.8 Å². The molecule has 0 radical (unpaired) electrons. The van der Waals surface area contributed by atoms with Crippen LogP contribution in [0.5, 0.6) is 0 Å². The molecule has 4 rings (SSSR count). The molecule has 2 aliphatic heterocycles. The molecular weight excluding hydrogens is 332 g/mol. The van der Waals surface area contributed by atoms with Crippen molar-refractivity contribution in [3.05, 3.63) is 53.2 Å². The molecule has 1 amide bonds. The predicted molar refractivity (Wildman–Crippen MR) is 94.8 cm³/mol. The van der Waals surface area contributed by atoms with E-state index in [2.05, 4.69) is 4.98 Å². The fourth-order valence-electron chi connectivity index (χ4n) is 3.91. The van der Waals surface area contributed by atoms with Crippen LogP contribution in [0.1, 0.15) is 40.4 Å². The van der Waals surface area contributed by atoms with Gasteiger partial charge in [-0.05, 0) is 38.5 Å². The van der Waals surface area contributed by atoms with E-state index in [-0.39, 0.29) is 17.6 Å². The van der Waals surface area contributed by atoms with Crippen LogP contribution in [0.25, 0.3) is 0 Å². The molecule has 2 saturated heterocycles. The van der Waals surface area contributed by atoms with Gasteiger partial charge in [0.15, 0.2) is 0 Å². The third-order valence-electron chi connectivity index (χ3n) is 5.24. The average Bonchev–Trinajstić information content (AvgIpc) is 3.33. The highest BCUT2D eigenvalue weighted by Gasteiger charge is 2.47. The van der Waals surface area contributed by atoms with Gasteiger partial charge in [0.1, 0.15) is 11.5 Å². The lowest BCUT2D eigenvalue weighted by atomic mass is 9.98. The van der Waals surface area contributed by atoms with Crippen LogP contribution in [0.15, 0.2) is 34.9 Å². The first-order chi connectivity index (χ1) is 12.5. The van der Waals surface area contributed by atoms with E-state index in [1.54, 1.807) is 6.20 Å². The van der Waals surface area contributed by atoms with Gasteiger partial charge in [-0.2, -0.15) is 0 Å². The van der Waals surface area contributed by atoms with Crippen LogP contribution >= 0.6 is 0 Å². The zero-order chi connectivity index (χ0) is 18.1. The molecule has 4 heterocycles. The van der Waals surface area contributed by atoms with E-state index in [0.717, 1.165) is 24.3 Å². The van der Waals surface area contributed by atoms with Crippen molar-refractivity contribution in [1.82, 2.24) is 9.88 Å². The molecule has 138 valence electrons. The number of aromatic nitrogens is 1. The van der Waals surface area contributed by atoms with Crippen LogP contribution in [0.3, 0.4) is 0 Å². The highest BCUT2D eigenvalue weighted by molar-refractivity contribution is 5.95. The Kier molecular flexibility index (Phi) is 4.54. The molecule has 26 heavy (non-hydrogen) atoms. The van der Waals surface area contributed by atoms with Crippen molar-refractivity contribution < 1.29 is 18.7 Å². The van der Waals surface area contributed by atoms with Crippen molar-refractivity contribution in [3.63, 3.8) is 0 Å². The first kappa shape index (κ1) is 17.2. The minimum Gasteiger partial charge on any atom is -0.466 e. The summed E-state index contributed by atoms with van der Waals surface area (Å²) in [5.74, 6) is 1.47. The summed E-state index contributed by atoms with van der Waals surface area (Å²) in [6.07, 6.45) is 3.47. The van der Waals surface area contributed by atoms with E-state index < -0.39 is 0 Å². The third-order valence-corrected chi connectivity index (χ3v) is 5.24. The quantitative estimate of drug-likeness (QED) is 0.843. The third kappa shape index (κ3) is 3.39. The molecule has 2 aliphatic rings. The number of furan rings is 1. The second kappa shape index (κ2) is 6.85. The Hall–Kier alpha value is -2.18. The summed E-state index contributed by atoms with van der Waals surface area (Å²) in [6, 6.07) is 7.62. The lowest BCUT2D eigenvalue weighted by molar-refractivity contribution is -0.000112. The van der Waals surface area contributed by atoms with Crippen LogP contribution in [-0.4, -0.2) is 47.2 Å². The lowest BCUT2D eigenvalue weighted by Crippen LogP contribution is -2.36. The minimum atomic E-state index is -0.281. The number of hydrogen-bond acceptors (Lipinski definition) is 5. The SMILES string of the molecule is Cc1cc(C(=O)N2CC[C@]3(C[C@H](OCc4ccccn4)CO3)C2)c(C)o1. The second-order valence-corrected chi connectivity index (χ2v) is 7.26. The van der Waals surface area contributed by atoms with E-state index in [9.17, 15) is 4.79 Å². The van der Waals surface area contributed by atoms with Crippen molar-refractivity contribution in [2.75, 3.05) is 19.7 Å². The second-order valence-electron chi connectivity index (χ2n) is 7.26. The molecule has 2 atom stereocenters. The minimum absolute atomic E-state index is 0.0256. The van der Waals surface area contributed by atoms with E-state index in [1.165, 1.54) is 0 Å². The van der Waals surface area contributed by atoms with Crippen molar-refractivity contribution >= 4 is 5.91 Å². The number of rotatable bonds is 4. The number of likely N-dealkylation sites (tertiary alicyclic amines) is 1. The van der Waals surface area contributed by atoms with Gasteiger partial charge in [0.05, 0.1) is 42.7 Å². The standard InChI is InChI=1S/C20H24N2O4/c1-14-9-18(15(2)26-14)19(23)22-8-6-20(13-22)10-17(12-25-20)24-11-16-5-3-4-7-21-16/h3-5,7,9,17H,6,8,10-13H2,1-2H3/t17-,20-/m0/s1. The molecule has 2 aromatic heterocycles. The zero-order valence-electron chi connectivity index (χ0n) is 15.2. The van der Waals surface area contributed by atoms with Gasteiger partial charge in [0, 0.05) is 19.2 Å². The normalized spacial score (nSPS) is 25.3. The van der Waals surface area contributed by atoms with Gasteiger partial charge in [0.25, 0.3) is 5.91 Å². The van der Waals surface area contributed by atoms with Crippen LogP contribution in [0.4, 0.5) is 0 Å². The zero-order valence-corrected chi connectivity index (χ0v) is 15.2. The van der Waals surface area contributed by atoms with Gasteiger partial charge < -0.3 is 18.8 Å². The summed E-state index contributed by atoms with van der Waals surface area (Å²) in [6.45, 7) is 6.06. The fourth-order valence-corrected chi connectivity index (χ4v) is 3.91. The summed E-state index contributed by atoms with van der Waals surface area (Å²) < 4.78 is 17.6. The molecule has 1 spiro atoms. The monoisotopic (exact) mass is 356 g/mol. The van der Waals surface area contributed by atoms with E-state index >= 15 is 0 Å². The summed E-state index contributed by atoms with van der Waals surface area (Å²) in [5, 5.41) is 0. The summed E-state index contributed by atoms with van der Waals surface area (Å²) >= 11 is 0. The van der Waals surface area contributed by atoms with Crippen LogP contribution < -0.4 is 0 Å². The maximum Gasteiger partial charge on any atom is 0.257 e. The molecule has 6 heteroatoms. The smallest absolute Gasteiger partial charge is 0.257 e. The molecular formula is C20H24N2O4. The number of pyridine rings is 1. The molecule has 0 unspecified atom stereocenters. The van der Waals surface area contributed by atoms with Gasteiger partial charge in [-0.25, -0.2) is 0 Å². The maximum atomic E-state index is 12.8. The largest absolute Gasteiger partial charge is 0.466 e. The first-order valence-electron chi connectivity index (χ1n) is 9.06. The Morgan fingerprint density at radius 1 is 1.42 bits per heavy atom. The van der Waals surface area contributed by atoms with Gasteiger partial charge in [-0.1, -0.05) is 6.07 Å². The number of hydrogen-bond donors (Lipinski definition) is 0. The fraction of sp³-hybridized carbons (Fsp3) is 0.500. The van der Waals surface area contributed by atoms with Gasteiger partial charge in [-0.3, -0.25) is 9.78 Å². The van der Waals surface area contributed by atoms with E-state index in [0.29, 0.717) is 37.6 Å². The van der Waals surface area contributed by atoms with Crippen LogP contribution in [0, 0.1) is 13.8 Å². The molecule has 0 saturated carbocycles. The Morgan fingerprint density at radius 2 is 2.31 bits per heavy atom. The lowest BCUT2D eigenvalue weighted by Gasteiger charge is -2.23. The summed E-state index contributed by atoms with van der Waals surface area (Å²) in [7, 11) is 0. The number of ether oxygens (including phenoxy) is 2. The average molecular weight is 356 g/mol. The molecule has 6 nitrogen and oxygen atoms in total. The number of nitrogens with zero attached hydrogens (tertiary/aromatic N) is 2. The van der Waals surface area contributed by atoms with Crippen molar-refractivity contribution in [2.24, 2.45) is 0 Å². The Labute approximate surface area is 153 Å².